The van der Waals surface area contributed by atoms with Crippen molar-refractivity contribution in [2.75, 3.05) is 18.9 Å². The predicted octanol–water partition coefficient (Wildman–Crippen LogP) is 0.989. The maximum Gasteiger partial charge on any atom is 0.142 e. The molecule has 2 rings (SSSR count). The molecule has 1 aliphatic heterocycles. The van der Waals surface area contributed by atoms with Gasteiger partial charge in [0, 0.05) is 13.1 Å². The normalized spacial score (nSPS) is 13.7. The lowest BCUT2D eigenvalue weighted by atomic mass is 10.3. The number of halogens is 2. The van der Waals surface area contributed by atoms with E-state index >= 15 is 0 Å². The molecule has 0 saturated heterocycles. The van der Waals surface area contributed by atoms with E-state index in [0.717, 1.165) is 24.5 Å². The molecule has 0 bridgehead atoms. The van der Waals surface area contributed by atoms with E-state index in [1.165, 1.54) is 0 Å². The molecule has 0 aliphatic carbocycles. The number of fused-ring (bicyclic) bond motifs is 1. The first-order valence-electron chi connectivity index (χ1n) is 3.95. The van der Waals surface area contributed by atoms with Gasteiger partial charge < -0.3 is 15.8 Å². The van der Waals surface area contributed by atoms with Crippen LogP contribution >= 0.6 is 24.8 Å². The third-order valence-electron chi connectivity index (χ3n) is 1.78. The minimum absolute atomic E-state index is 0. The van der Waals surface area contributed by atoms with Crippen LogP contribution in [0.25, 0.3) is 0 Å². The summed E-state index contributed by atoms with van der Waals surface area (Å²) in [4.78, 5) is 4.16. The monoisotopic (exact) mass is 237 g/mol. The van der Waals surface area contributed by atoms with Crippen molar-refractivity contribution in [1.29, 1.82) is 0 Å². The summed E-state index contributed by atoms with van der Waals surface area (Å²) in [6.07, 6.45) is 0. The summed E-state index contributed by atoms with van der Waals surface area (Å²) >= 11 is 0. The smallest absolute Gasteiger partial charge is 0.142 e. The van der Waals surface area contributed by atoms with E-state index in [1.807, 2.05) is 6.07 Å². The van der Waals surface area contributed by atoms with Crippen LogP contribution in [0, 0.1) is 0 Å². The van der Waals surface area contributed by atoms with Crippen LogP contribution in [-0.2, 0) is 6.54 Å². The standard InChI is InChI=1S/C8H11N3O.2ClH/c9-8-2-1-7-6(11-8)5-10-3-4-12-7;;/h1-2,10H,3-5H2,(H2,9,11);2*1H. The molecular formula is C8H13Cl2N3O. The molecule has 0 aromatic carbocycles. The van der Waals surface area contributed by atoms with Gasteiger partial charge in [-0.15, -0.1) is 24.8 Å². The van der Waals surface area contributed by atoms with E-state index in [9.17, 15) is 0 Å². The number of nitrogens with two attached hydrogens (primary N) is 1. The topological polar surface area (TPSA) is 60.2 Å². The number of ether oxygens (including phenoxy) is 1. The third-order valence-corrected chi connectivity index (χ3v) is 1.78. The van der Waals surface area contributed by atoms with Crippen LogP contribution in [-0.4, -0.2) is 18.1 Å². The van der Waals surface area contributed by atoms with E-state index in [2.05, 4.69) is 10.3 Å². The van der Waals surface area contributed by atoms with E-state index in [4.69, 9.17) is 10.5 Å². The minimum atomic E-state index is 0. The van der Waals surface area contributed by atoms with Crippen molar-refractivity contribution < 1.29 is 4.74 Å². The lowest BCUT2D eigenvalue weighted by Crippen LogP contribution is -2.16. The number of aromatic nitrogens is 1. The Labute approximate surface area is 95.0 Å². The fraction of sp³-hybridized carbons (Fsp3) is 0.375. The summed E-state index contributed by atoms with van der Waals surface area (Å²) < 4.78 is 5.42. The second-order valence-electron chi connectivity index (χ2n) is 2.71. The van der Waals surface area contributed by atoms with Gasteiger partial charge in [0.25, 0.3) is 0 Å². The van der Waals surface area contributed by atoms with Gasteiger partial charge in [0.1, 0.15) is 18.2 Å². The number of pyridine rings is 1. The summed E-state index contributed by atoms with van der Waals surface area (Å²) in [6.45, 7) is 2.29. The molecule has 1 aliphatic rings. The number of nitrogens with one attached hydrogen (secondary N) is 1. The average Bonchev–Trinajstić information content (AvgIpc) is 2.28. The summed E-state index contributed by atoms with van der Waals surface area (Å²) in [7, 11) is 0. The average molecular weight is 238 g/mol. The van der Waals surface area contributed by atoms with Gasteiger partial charge in [-0.3, -0.25) is 0 Å². The van der Waals surface area contributed by atoms with Gasteiger partial charge in [-0.1, -0.05) is 0 Å². The third kappa shape index (κ3) is 2.90. The highest BCUT2D eigenvalue weighted by molar-refractivity contribution is 5.85. The van der Waals surface area contributed by atoms with Crippen LogP contribution in [0.15, 0.2) is 12.1 Å². The zero-order valence-electron chi connectivity index (χ0n) is 7.53. The van der Waals surface area contributed by atoms with E-state index in [1.54, 1.807) is 6.07 Å². The molecule has 0 spiro atoms. The molecule has 0 fully saturated rings. The molecule has 1 aromatic rings. The minimum Gasteiger partial charge on any atom is -0.490 e. The number of nitrogen functional groups attached to an aromatic ring is 1. The SMILES string of the molecule is Cl.Cl.Nc1ccc2c(n1)CNCCO2. The molecule has 2 heterocycles. The number of anilines is 1. The molecule has 0 amide bonds. The van der Waals surface area contributed by atoms with Gasteiger partial charge in [0.05, 0.1) is 5.69 Å². The molecule has 0 unspecified atom stereocenters. The van der Waals surface area contributed by atoms with Crippen LogP contribution in [0.3, 0.4) is 0 Å². The van der Waals surface area contributed by atoms with Gasteiger partial charge in [0.15, 0.2) is 0 Å². The Morgan fingerprint density at radius 1 is 1.36 bits per heavy atom. The fourth-order valence-corrected chi connectivity index (χ4v) is 1.20. The maximum atomic E-state index is 5.54. The van der Waals surface area contributed by atoms with Crippen LogP contribution in [0.5, 0.6) is 5.75 Å². The van der Waals surface area contributed by atoms with Crippen LogP contribution in [0.4, 0.5) is 5.82 Å². The van der Waals surface area contributed by atoms with Crippen LogP contribution < -0.4 is 15.8 Å². The van der Waals surface area contributed by atoms with Crippen molar-refractivity contribution in [3.63, 3.8) is 0 Å². The summed E-state index contributed by atoms with van der Waals surface area (Å²) in [5.74, 6) is 1.38. The van der Waals surface area contributed by atoms with Crippen molar-refractivity contribution in [1.82, 2.24) is 10.3 Å². The zero-order valence-corrected chi connectivity index (χ0v) is 9.16. The molecule has 1 aromatic heterocycles. The van der Waals surface area contributed by atoms with Gasteiger partial charge in [-0.2, -0.15) is 0 Å². The zero-order chi connectivity index (χ0) is 8.39. The maximum absolute atomic E-state index is 5.54. The highest BCUT2D eigenvalue weighted by Gasteiger charge is 2.08. The predicted molar refractivity (Wildman–Crippen MR) is 60.3 cm³/mol. The van der Waals surface area contributed by atoms with Gasteiger partial charge in [0.2, 0.25) is 0 Å². The van der Waals surface area contributed by atoms with Crippen molar-refractivity contribution in [3.8, 4) is 5.75 Å². The Bertz CT molecular complexity index is 296. The molecule has 3 N–H and O–H groups in total. The van der Waals surface area contributed by atoms with Crippen molar-refractivity contribution in [3.05, 3.63) is 17.8 Å². The van der Waals surface area contributed by atoms with Crippen LogP contribution in [0.2, 0.25) is 0 Å². The quantitative estimate of drug-likeness (QED) is 0.707. The van der Waals surface area contributed by atoms with Crippen molar-refractivity contribution >= 4 is 30.6 Å². The van der Waals surface area contributed by atoms with Crippen LogP contribution in [0.1, 0.15) is 5.69 Å². The van der Waals surface area contributed by atoms with Gasteiger partial charge in [-0.05, 0) is 12.1 Å². The van der Waals surface area contributed by atoms with Gasteiger partial charge in [-0.25, -0.2) is 4.98 Å². The Balaban J connectivity index is 0.000000845. The Morgan fingerprint density at radius 3 is 2.93 bits per heavy atom. The number of hydrogen-bond donors (Lipinski definition) is 2. The first-order valence-corrected chi connectivity index (χ1v) is 3.95. The van der Waals surface area contributed by atoms with Crippen molar-refractivity contribution in [2.45, 2.75) is 6.54 Å². The largest absolute Gasteiger partial charge is 0.490 e. The highest BCUT2D eigenvalue weighted by atomic mass is 35.5. The lowest BCUT2D eigenvalue weighted by molar-refractivity contribution is 0.325. The Morgan fingerprint density at radius 2 is 2.14 bits per heavy atom. The molecule has 6 heteroatoms. The highest BCUT2D eigenvalue weighted by Crippen LogP contribution is 2.18. The molecule has 14 heavy (non-hydrogen) atoms. The number of rotatable bonds is 0. The summed E-state index contributed by atoms with van der Waals surface area (Å²) in [5, 5.41) is 3.19. The second kappa shape index (κ2) is 5.90. The van der Waals surface area contributed by atoms with E-state index in [0.29, 0.717) is 12.4 Å². The summed E-state index contributed by atoms with van der Waals surface area (Å²) in [5.41, 5.74) is 6.43. The Kier molecular flexibility index (Phi) is 5.60. The molecule has 0 atom stereocenters. The second-order valence-corrected chi connectivity index (χ2v) is 2.71. The Hall–Kier alpha value is -0.710. The molecule has 4 nitrogen and oxygen atoms in total. The van der Waals surface area contributed by atoms with E-state index < -0.39 is 0 Å². The number of nitrogens with zero attached hydrogens (tertiary/aromatic N) is 1. The molecule has 0 saturated carbocycles. The van der Waals surface area contributed by atoms with Crippen molar-refractivity contribution in [2.24, 2.45) is 0 Å². The first kappa shape index (κ1) is 13.3. The molecule has 0 radical (unpaired) electrons. The van der Waals surface area contributed by atoms with E-state index in [-0.39, 0.29) is 24.8 Å². The molecule has 80 valence electrons. The first-order chi connectivity index (χ1) is 5.86. The molecular weight excluding hydrogens is 225 g/mol. The fourth-order valence-electron chi connectivity index (χ4n) is 1.20. The summed E-state index contributed by atoms with van der Waals surface area (Å²) in [6, 6.07) is 3.62. The lowest BCUT2D eigenvalue weighted by Gasteiger charge is -2.04. The number of hydrogen-bond acceptors (Lipinski definition) is 4. The van der Waals surface area contributed by atoms with Gasteiger partial charge >= 0.3 is 0 Å².